The summed E-state index contributed by atoms with van der Waals surface area (Å²) in [6.07, 6.45) is 6.10. The van der Waals surface area contributed by atoms with Crippen LogP contribution in [-0.4, -0.2) is 74.4 Å². The second-order valence-electron chi connectivity index (χ2n) is 10.6. The fourth-order valence-corrected chi connectivity index (χ4v) is 7.09. The molecule has 2 amide bonds. The van der Waals surface area contributed by atoms with Crippen LogP contribution in [0, 0.1) is 6.92 Å². The smallest absolute Gasteiger partial charge is 0.274 e. The zero-order chi connectivity index (χ0) is 27.1. The van der Waals surface area contributed by atoms with Crippen LogP contribution in [0.4, 0.5) is 0 Å². The summed E-state index contributed by atoms with van der Waals surface area (Å²) in [5, 5.41) is 12.1. The summed E-state index contributed by atoms with van der Waals surface area (Å²) in [4.78, 5) is 39.2. The van der Waals surface area contributed by atoms with E-state index in [-0.39, 0.29) is 11.3 Å². The van der Waals surface area contributed by atoms with Crippen molar-refractivity contribution in [3.05, 3.63) is 75.4 Å². The van der Waals surface area contributed by atoms with Gasteiger partial charge in [0, 0.05) is 48.7 Å². The van der Waals surface area contributed by atoms with E-state index in [1.54, 1.807) is 28.9 Å². The van der Waals surface area contributed by atoms with Gasteiger partial charge in [-0.3, -0.25) is 19.2 Å². The van der Waals surface area contributed by atoms with Crippen molar-refractivity contribution >= 4 is 28.8 Å². The van der Waals surface area contributed by atoms with E-state index >= 15 is 0 Å². The molecular weight excluding hydrogens is 512 g/mol. The van der Waals surface area contributed by atoms with Crippen molar-refractivity contribution in [1.29, 1.82) is 0 Å². The van der Waals surface area contributed by atoms with Crippen LogP contribution in [0.1, 0.15) is 62.7 Å². The van der Waals surface area contributed by atoms with Gasteiger partial charge in [0.15, 0.2) is 0 Å². The summed E-state index contributed by atoms with van der Waals surface area (Å²) in [6.45, 7) is 5.20. The summed E-state index contributed by atoms with van der Waals surface area (Å²) in [5.41, 5.74) is 7.10. The first-order valence-electron chi connectivity index (χ1n) is 13.4. The molecule has 2 N–H and O–H groups in total. The van der Waals surface area contributed by atoms with Gasteiger partial charge in [0.1, 0.15) is 16.3 Å². The van der Waals surface area contributed by atoms with Crippen LogP contribution in [0.3, 0.4) is 0 Å². The Hall–Kier alpha value is -3.60. The second kappa shape index (κ2) is 10.2. The van der Waals surface area contributed by atoms with Gasteiger partial charge in [0.05, 0.1) is 17.0 Å². The van der Waals surface area contributed by atoms with E-state index in [0.717, 1.165) is 85.2 Å². The van der Waals surface area contributed by atoms with Crippen LogP contribution in [-0.2, 0) is 5.41 Å². The maximum atomic E-state index is 13.3. The molecule has 1 saturated carbocycles. The number of piperazine rings is 1. The zero-order valence-corrected chi connectivity index (χ0v) is 23.0. The van der Waals surface area contributed by atoms with Gasteiger partial charge in [-0.25, -0.2) is 15.4 Å². The summed E-state index contributed by atoms with van der Waals surface area (Å²) in [6, 6.07) is 11.2. The number of carbonyl (C=O) groups is 2. The van der Waals surface area contributed by atoms with E-state index in [9.17, 15) is 9.59 Å². The van der Waals surface area contributed by atoms with Gasteiger partial charge >= 0.3 is 0 Å². The van der Waals surface area contributed by atoms with E-state index in [1.165, 1.54) is 0 Å². The molecule has 4 heterocycles. The van der Waals surface area contributed by atoms with E-state index in [1.807, 2.05) is 46.7 Å². The topological polar surface area (TPSA) is 103 Å². The highest BCUT2D eigenvalue weighted by molar-refractivity contribution is 7.10. The van der Waals surface area contributed by atoms with Crippen molar-refractivity contribution in [3.63, 3.8) is 0 Å². The lowest BCUT2D eigenvalue weighted by Crippen LogP contribution is -2.47. The maximum absolute atomic E-state index is 13.3. The highest BCUT2D eigenvalue weighted by Crippen LogP contribution is 2.48. The molecule has 1 aliphatic heterocycles. The number of amides is 2. The third-order valence-corrected chi connectivity index (χ3v) is 9.29. The lowest BCUT2D eigenvalue weighted by molar-refractivity contribution is 0.0663. The minimum Gasteiger partial charge on any atom is -0.336 e. The molecule has 2 fully saturated rings. The maximum Gasteiger partial charge on any atom is 0.274 e. The van der Waals surface area contributed by atoms with Gasteiger partial charge in [-0.2, -0.15) is 0 Å². The fourth-order valence-electron chi connectivity index (χ4n) is 6.00. The number of aromatic nitrogens is 3. The number of rotatable bonds is 5. The summed E-state index contributed by atoms with van der Waals surface area (Å²) in [5.74, 6) is -0.475. The van der Waals surface area contributed by atoms with Gasteiger partial charge in [0.2, 0.25) is 0 Å². The molecular formula is C29H32N6O3S. The monoisotopic (exact) mass is 544 g/mol. The van der Waals surface area contributed by atoms with Crippen molar-refractivity contribution in [2.45, 2.75) is 38.0 Å². The summed E-state index contributed by atoms with van der Waals surface area (Å²) >= 11 is 1.65. The van der Waals surface area contributed by atoms with Crippen LogP contribution >= 0.6 is 11.3 Å². The van der Waals surface area contributed by atoms with E-state index in [0.29, 0.717) is 11.1 Å². The Balaban J connectivity index is 1.35. The number of pyridine rings is 1. The SMILES string of the molecule is Cc1nc2ccc(C(=O)N3CCN(C)CC3)cn2c1-c1csc(C2(c3ccc(C(=O)NO)cc3)CCCC2)n1. The first kappa shape index (κ1) is 25.7. The molecule has 1 aliphatic carbocycles. The van der Waals surface area contributed by atoms with Crippen molar-refractivity contribution in [2.24, 2.45) is 0 Å². The van der Waals surface area contributed by atoms with Gasteiger partial charge in [-0.1, -0.05) is 25.0 Å². The molecule has 0 atom stereocenters. The Morgan fingerprint density at radius 1 is 0.974 bits per heavy atom. The Morgan fingerprint density at radius 3 is 2.36 bits per heavy atom. The number of nitrogens with zero attached hydrogens (tertiary/aromatic N) is 5. The normalized spacial score (nSPS) is 17.6. The van der Waals surface area contributed by atoms with Crippen LogP contribution in [0.2, 0.25) is 0 Å². The average Bonchev–Trinajstić information content (AvgIpc) is 3.71. The first-order valence-corrected chi connectivity index (χ1v) is 14.3. The number of hydroxylamine groups is 1. The first-order chi connectivity index (χ1) is 18.9. The molecule has 10 heteroatoms. The second-order valence-corrected chi connectivity index (χ2v) is 11.5. The fraction of sp³-hybridized carbons (Fsp3) is 0.379. The molecule has 0 radical (unpaired) electrons. The van der Waals surface area contributed by atoms with E-state index < -0.39 is 5.91 Å². The van der Waals surface area contributed by atoms with Crippen molar-refractivity contribution in [1.82, 2.24) is 29.6 Å². The number of carbonyl (C=O) groups excluding carboxylic acids is 2. The number of likely N-dealkylation sites (N-methyl/N-ethyl adjacent to an activating group) is 1. The number of benzene rings is 1. The minimum atomic E-state index is -0.521. The Morgan fingerprint density at radius 2 is 1.67 bits per heavy atom. The van der Waals surface area contributed by atoms with Gasteiger partial charge < -0.3 is 9.80 Å². The van der Waals surface area contributed by atoms with E-state index in [2.05, 4.69) is 17.3 Å². The summed E-state index contributed by atoms with van der Waals surface area (Å²) < 4.78 is 2.00. The molecule has 3 aromatic heterocycles. The quantitative estimate of drug-likeness (QED) is 0.289. The Kier molecular flexibility index (Phi) is 6.70. The predicted octanol–water partition coefficient (Wildman–Crippen LogP) is 4.13. The molecule has 202 valence electrons. The Bertz CT molecular complexity index is 1530. The number of aryl methyl sites for hydroxylation is 1. The lowest BCUT2D eigenvalue weighted by atomic mass is 9.79. The average molecular weight is 545 g/mol. The van der Waals surface area contributed by atoms with Gasteiger partial charge in [0.25, 0.3) is 11.8 Å². The minimum absolute atomic E-state index is 0.0458. The number of hydrogen-bond donors (Lipinski definition) is 2. The highest BCUT2D eigenvalue weighted by Gasteiger charge is 2.40. The zero-order valence-electron chi connectivity index (χ0n) is 22.2. The number of hydrogen-bond acceptors (Lipinski definition) is 7. The van der Waals surface area contributed by atoms with Gasteiger partial charge in [-0.15, -0.1) is 11.3 Å². The van der Waals surface area contributed by atoms with Gasteiger partial charge in [-0.05, 0) is 56.6 Å². The van der Waals surface area contributed by atoms with Crippen LogP contribution < -0.4 is 5.48 Å². The van der Waals surface area contributed by atoms with E-state index in [4.69, 9.17) is 15.2 Å². The predicted molar refractivity (Wildman–Crippen MR) is 149 cm³/mol. The molecule has 4 aromatic rings. The molecule has 0 bridgehead atoms. The van der Waals surface area contributed by atoms with Crippen LogP contribution in [0.25, 0.3) is 17.0 Å². The summed E-state index contributed by atoms with van der Waals surface area (Å²) in [7, 11) is 2.08. The molecule has 9 nitrogen and oxygen atoms in total. The third kappa shape index (κ3) is 4.52. The lowest BCUT2D eigenvalue weighted by Gasteiger charge is -2.32. The molecule has 39 heavy (non-hydrogen) atoms. The molecule has 6 rings (SSSR count). The number of nitrogens with one attached hydrogen (secondary N) is 1. The van der Waals surface area contributed by atoms with Crippen molar-refractivity contribution in [3.8, 4) is 11.4 Å². The standard InChI is InChI=1S/C29H32N6O3S/c1-19-25(35-17-21(7-10-24(35)30-19)27(37)34-15-13-33(2)14-16-34)23-18-39-28(31-23)29(11-3-4-12-29)22-8-5-20(6-9-22)26(36)32-38/h5-10,17-18,38H,3-4,11-16H2,1-2H3,(H,32,36). The number of imidazole rings is 1. The molecule has 1 aromatic carbocycles. The molecule has 1 saturated heterocycles. The Labute approximate surface area is 231 Å². The molecule has 2 aliphatic rings. The largest absolute Gasteiger partial charge is 0.336 e. The molecule has 0 unspecified atom stereocenters. The number of fused-ring (bicyclic) bond motifs is 1. The number of thiazole rings is 1. The van der Waals surface area contributed by atoms with Crippen molar-refractivity contribution < 1.29 is 14.8 Å². The highest BCUT2D eigenvalue weighted by atomic mass is 32.1. The van der Waals surface area contributed by atoms with Crippen molar-refractivity contribution in [2.75, 3.05) is 33.2 Å². The van der Waals surface area contributed by atoms with Crippen LogP contribution in [0.15, 0.2) is 48.0 Å². The molecule has 0 spiro atoms. The third-order valence-electron chi connectivity index (χ3n) is 8.24. The van der Waals surface area contributed by atoms with Crippen LogP contribution in [0.5, 0.6) is 0 Å².